The minimum atomic E-state index is -1.19. The molecular weight excluding hydrogens is 656 g/mol. The number of carboxylic acids is 1. The minimum absolute atomic E-state index is 0.0666. The molecule has 0 saturated heterocycles. The first-order chi connectivity index (χ1) is 24.1. The maximum Gasteiger partial charge on any atom is 0.408 e. The van der Waals surface area contributed by atoms with Gasteiger partial charge in [-0.15, -0.1) is 0 Å². The minimum Gasteiger partial charge on any atom is -0.480 e. The molecule has 0 saturated carbocycles. The van der Waals surface area contributed by atoms with E-state index in [9.17, 15) is 29.1 Å². The van der Waals surface area contributed by atoms with Gasteiger partial charge in [0, 0.05) is 19.0 Å². The van der Waals surface area contributed by atoms with Gasteiger partial charge in [0.1, 0.15) is 29.9 Å². The molecule has 0 spiro atoms. The highest BCUT2D eigenvalue weighted by Gasteiger charge is 2.30. The van der Waals surface area contributed by atoms with E-state index in [2.05, 4.69) is 21.3 Å². The highest BCUT2D eigenvalue weighted by molar-refractivity contribution is 5.85. The van der Waals surface area contributed by atoms with Crippen molar-refractivity contribution in [2.24, 2.45) is 0 Å². The van der Waals surface area contributed by atoms with Crippen LogP contribution in [0.5, 0.6) is 0 Å². The van der Waals surface area contributed by atoms with E-state index in [1.165, 1.54) is 0 Å². The molecule has 1 aliphatic carbocycles. The largest absolute Gasteiger partial charge is 0.480 e. The van der Waals surface area contributed by atoms with Gasteiger partial charge < -0.3 is 40.6 Å². The van der Waals surface area contributed by atoms with Gasteiger partial charge in [0.15, 0.2) is 0 Å². The zero-order valence-corrected chi connectivity index (χ0v) is 30.6. The summed E-state index contributed by atoms with van der Waals surface area (Å²) in [4.78, 5) is 62.1. The van der Waals surface area contributed by atoms with E-state index >= 15 is 0 Å². The van der Waals surface area contributed by atoms with Crippen molar-refractivity contribution in [1.29, 1.82) is 0 Å². The summed E-state index contributed by atoms with van der Waals surface area (Å²) in [5.41, 5.74) is 2.96. The summed E-state index contributed by atoms with van der Waals surface area (Å²) in [6.45, 7) is 11.4. The zero-order valence-electron chi connectivity index (χ0n) is 30.6. The number of amides is 4. The third-order valence-electron chi connectivity index (χ3n) is 8.57. The maximum atomic E-state index is 13.1. The number of nitrogens with one attached hydrogen (secondary N) is 4. The number of unbranched alkanes of at least 4 members (excludes halogenated alkanes) is 2. The van der Waals surface area contributed by atoms with Crippen molar-refractivity contribution in [3.05, 3.63) is 59.7 Å². The molecule has 2 atom stereocenters. The predicted molar refractivity (Wildman–Crippen MR) is 192 cm³/mol. The molecular formula is C38H54N4O9. The number of fused-ring (bicyclic) bond motifs is 3. The molecule has 13 nitrogen and oxygen atoms in total. The number of alkyl carbamates (subject to hydrolysis) is 3. The van der Waals surface area contributed by atoms with Gasteiger partial charge in [-0.25, -0.2) is 19.2 Å². The van der Waals surface area contributed by atoms with E-state index in [1.807, 2.05) is 69.3 Å². The third kappa shape index (κ3) is 13.4. The van der Waals surface area contributed by atoms with E-state index in [1.54, 1.807) is 20.8 Å². The van der Waals surface area contributed by atoms with Gasteiger partial charge in [-0.05, 0) is 102 Å². The Bertz CT molecular complexity index is 1460. The molecule has 0 aromatic heterocycles. The molecule has 3 rings (SSSR count). The average molecular weight is 711 g/mol. The lowest BCUT2D eigenvalue weighted by Gasteiger charge is -2.24. The van der Waals surface area contributed by atoms with Crippen LogP contribution in [-0.2, 0) is 23.8 Å². The Balaban J connectivity index is 1.43. The number of benzene rings is 2. The van der Waals surface area contributed by atoms with E-state index < -0.39 is 53.4 Å². The zero-order chi connectivity index (χ0) is 37.6. The number of carbonyl (C=O) groups is 5. The first kappa shape index (κ1) is 40.6. The molecule has 0 fully saturated rings. The number of carbonyl (C=O) groups excluding carboxylic acids is 4. The summed E-state index contributed by atoms with van der Waals surface area (Å²) in [6, 6.07) is 13.8. The summed E-state index contributed by atoms with van der Waals surface area (Å²) in [7, 11) is 0. The maximum absolute atomic E-state index is 13.1. The molecule has 2 aromatic rings. The molecule has 0 aliphatic heterocycles. The second-order valence-corrected chi connectivity index (χ2v) is 14.3. The van der Waals surface area contributed by atoms with Crippen LogP contribution >= 0.6 is 0 Å². The Labute approximate surface area is 300 Å². The fourth-order valence-electron chi connectivity index (χ4n) is 5.59. The lowest BCUT2D eigenvalue weighted by molar-refractivity contribution is -0.139. The second-order valence-electron chi connectivity index (χ2n) is 14.3. The van der Waals surface area contributed by atoms with Gasteiger partial charge in [-0.1, -0.05) is 55.5 Å². The number of rotatable bonds is 18. The Morgan fingerprint density at radius 3 is 1.78 bits per heavy atom. The molecule has 2 aromatic carbocycles. The van der Waals surface area contributed by atoms with Gasteiger partial charge >= 0.3 is 24.2 Å². The van der Waals surface area contributed by atoms with Gasteiger partial charge in [0.2, 0.25) is 5.91 Å². The number of ether oxygens (including phenoxy) is 3. The van der Waals surface area contributed by atoms with Crippen LogP contribution in [0.4, 0.5) is 14.4 Å². The van der Waals surface area contributed by atoms with Crippen molar-refractivity contribution >= 4 is 30.2 Å². The molecule has 51 heavy (non-hydrogen) atoms. The highest BCUT2D eigenvalue weighted by Crippen LogP contribution is 2.44. The molecule has 0 bridgehead atoms. The fourth-order valence-corrected chi connectivity index (χ4v) is 5.59. The van der Waals surface area contributed by atoms with Crippen LogP contribution in [0.3, 0.4) is 0 Å². The Morgan fingerprint density at radius 2 is 1.24 bits per heavy atom. The Kier molecular flexibility index (Phi) is 15.1. The molecule has 0 unspecified atom stereocenters. The average Bonchev–Trinajstić information content (AvgIpc) is 3.38. The Morgan fingerprint density at radius 1 is 0.706 bits per heavy atom. The summed E-state index contributed by atoms with van der Waals surface area (Å²) in [5, 5.41) is 20.3. The number of hydrogen-bond donors (Lipinski definition) is 5. The lowest BCUT2D eigenvalue weighted by atomic mass is 9.98. The molecule has 13 heteroatoms. The summed E-state index contributed by atoms with van der Waals surface area (Å²) in [6.07, 6.45) is 0.936. The monoisotopic (exact) mass is 710 g/mol. The van der Waals surface area contributed by atoms with Crippen LogP contribution in [0.15, 0.2) is 48.5 Å². The first-order valence-electron chi connectivity index (χ1n) is 17.7. The summed E-state index contributed by atoms with van der Waals surface area (Å²) in [5.74, 6) is -1.75. The lowest BCUT2D eigenvalue weighted by Crippen LogP contribution is -2.48. The molecule has 5 N–H and O–H groups in total. The molecule has 0 heterocycles. The van der Waals surface area contributed by atoms with Crippen LogP contribution in [-0.4, -0.2) is 78.2 Å². The van der Waals surface area contributed by atoms with E-state index in [-0.39, 0.29) is 25.5 Å². The number of aliphatic carboxylic acids is 1. The van der Waals surface area contributed by atoms with E-state index in [4.69, 9.17) is 14.2 Å². The van der Waals surface area contributed by atoms with Crippen molar-refractivity contribution in [2.75, 3.05) is 19.7 Å². The SMILES string of the molecule is CCC(C)(C)OC(=O)NCCCC[C@H](NC(=O)OC(C)(C)C)C(=O)NCCCC[C@H](NC(=O)OCC1c2ccccc2-c2ccccc21)C(=O)O. The van der Waals surface area contributed by atoms with Gasteiger partial charge in [-0.3, -0.25) is 4.79 Å². The summed E-state index contributed by atoms with van der Waals surface area (Å²) >= 11 is 0. The topological polar surface area (TPSA) is 181 Å². The number of hydrogen-bond acceptors (Lipinski definition) is 8. The molecule has 4 amide bonds. The van der Waals surface area contributed by atoms with E-state index in [0.717, 1.165) is 22.3 Å². The van der Waals surface area contributed by atoms with E-state index in [0.29, 0.717) is 45.1 Å². The quantitative estimate of drug-likeness (QED) is 0.0883. The smallest absolute Gasteiger partial charge is 0.408 e. The third-order valence-corrected chi connectivity index (χ3v) is 8.57. The predicted octanol–water partition coefficient (Wildman–Crippen LogP) is 6.24. The fraction of sp³-hybridized carbons (Fsp3) is 0.553. The molecule has 1 aliphatic rings. The molecule has 280 valence electrons. The van der Waals surface area contributed by atoms with Crippen LogP contribution in [0.25, 0.3) is 11.1 Å². The summed E-state index contributed by atoms with van der Waals surface area (Å²) < 4.78 is 16.2. The Hall–Kier alpha value is -4.81. The molecule has 0 radical (unpaired) electrons. The van der Waals surface area contributed by atoms with Crippen molar-refractivity contribution < 1.29 is 43.3 Å². The second kappa shape index (κ2) is 19.0. The van der Waals surface area contributed by atoms with Gasteiger partial charge in [0.25, 0.3) is 0 Å². The van der Waals surface area contributed by atoms with Crippen LogP contribution in [0.2, 0.25) is 0 Å². The van der Waals surface area contributed by atoms with Crippen molar-refractivity contribution in [2.45, 2.75) is 116 Å². The van der Waals surface area contributed by atoms with Crippen molar-refractivity contribution in [3.8, 4) is 11.1 Å². The van der Waals surface area contributed by atoms with Crippen LogP contribution in [0, 0.1) is 0 Å². The normalized spacial score (nSPS) is 13.5. The van der Waals surface area contributed by atoms with Crippen molar-refractivity contribution in [1.82, 2.24) is 21.3 Å². The standard InChI is InChI=1S/C38H54N4O9/c1-7-38(5,6)51-34(46)40-23-15-12-20-30(41-36(48)50-37(2,3)4)32(43)39-22-14-13-21-31(33(44)45)42-35(47)49-24-29-27-18-10-8-16-25(27)26-17-9-11-19-28(26)29/h8-11,16-19,29-31H,7,12-15,20-24H2,1-6H3,(H,39,43)(H,40,46)(H,41,48)(H,42,47)(H,44,45)/t30-,31-/m0/s1. The highest BCUT2D eigenvalue weighted by atomic mass is 16.6. The first-order valence-corrected chi connectivity index (χ1v) is 17.7. The van der Waals surface area contributed by atoms with Crippen LogP contribution in [0.1, 0.15) is 104 Å². The van der Waals surface area contributed by atoms with Crippen LogP contribution < -0.4 is 21.3 Å². The van der Waals surface area contributed by atoms with Crippen molar-refractivity contribution in [3.63, 3.8) is 0 Å². The van der Waals surface area contributed by atoms with Gasteiger partial charge in [-0.2, -0.15) is 0 Å². The van der Waals surface area contributed by atoms with Gasteiger partial charge in [0.05, 0.1) is 0 Å². The number of carboxylic acid groups (broad SMARTS) is 1.